The molecule has 17 heavy (non-hydrogen) atoms. The molecule has 0 aliphatic carbocycles. The van der Waals surface area contributed by atoms with Crippen molar-refractivity contribution in [3.8, 4) is 5.75 Å². The molecule has 92 valence electrons. The maximum atomic E-state index is 10.7. The number of benzene rings is 1. The monoisotopic (exact) mass is 235 g/mol. The van der Waals surface area contributed by atoms with Gasteiger partial charge in [-0.25, -0.2) is 4.79 Å². The number of rotatable bonds is 4. The van der Waals surface area contributed by atoms with Crippen molar-refractivity contribution in [1.29, 1.82) is 0 Å². The van der Waals surface area contributed by atoms with Crippen molar-refractivity contribution in [1.82, 2.24) is 4.90 Å². The van der Waals surface area contributed by atoms with Crippen molar-refractivity contribution >= 4 is 5.97 Å². The second-order valence-electron chi connectivity index (χ2n) is 4.42. The zero-order valence-electron chi connectivity index (χ0n) is 9.93. The Labute approximate surface area is 101 Å². The highest BCUT2D eigenvalue weighted by molar-refractivity contribution is 5.87. The average molecular weight is 235 g/mol. The van der Waals surface area contributed by atoms with Crippen LogP contribution >= 0.6 is 0 Å². The summed E-state index contributed by atoms with van der Waals surface area (Å²) in [5.41, 5.74) is 0.287. The van der Waals surface area contributed by atoms with E-state index in [0.29, 0.717) is 12.6 Å². The number of carboxylic acid groups (broad SMARTS) is 1. The van der Waals surface area contributed by atoms with E-state index in [4.69, 9.17) is 9.84 Å². The van der Waals surface area contributed by atoms with Gasteiger partial charge < -0.3 is 14.7 Å². The summed E-state index contributed by atoms with van der Waals surface area (Å²) in [6.07, 6.45) is 2.40. The lowest BCUT2D eigenvalue weighted by Crippen LogP contribution is -2.30. The third-order valence-electron chi connectivity index (χ3n) is 3.22. The van der Waals surface area contributed by atoms with Crippen LogP contribution in [-0.4, -0.2) is 42.2 Å². The molecule has 0 saturated carbocycles. The largest absolute Gasteiger partial charge is 0.492 e. The molecule has 1 unspecified atom stereocenters. The third-order valence-corrected chi connectivity index (χ3v) is 3.22. The van der Waals surface area contributed by atoms with Crippen LogP contribution in [0.15, 0.2) is 24.3 Å². The van der Waals surface area contributed by atoms with Gasteiger partial charge in [0.25, 0.3) is 0 Å². The van der Waals surface area contributed by atoms with Gasteiger partial charge in [-0.05, 0) is 50.7 Å². The topological polar surface area (TPSA) is 49.8 Å². The molecule has 2 rings (SSSR count). The van der Waals surface area contributed by atoms with Gasteiger partial charge in [0.05, 0.1) is 5.56 Å². The smallest absolute Gasteiger partial charge is 0.335 e. The van der Waals surface area contributed by atoms with E-state index >= 15 is 0 Å². The van der Waals surface area contributed by atoms with E-state index in [1.54, 1.807) is 24.3 Å². The van der Waals surface area contributed by atoms with Gasteiger partial charge in [0.1, 0.15) is 12.4 Å². The zero-order valence-corrected chi connectivity index (χ0v) is 9.93. The Morgan fingerprint density at radius 2 is 2.18 bits per heavy atom. The summed E-state index contributed by atoms with van der Waals surface area (Å²) in [5, 5.41) is 8.77. The van der Waals surface area contributed by atoms with E-state index < -0.39 is 5.97 Å². The SMILES string of the molecule is CN1CCCC1COc1ccc(C(=O)O)cc1. The highest BCUT2D eigenvalue weighted by Gasteiger charge is 2.21. The fourth-order valence-electron chi connectivity index (χ4n) is 2.08. The second-order valence-corrected chi connectivity index (χ2v) is 4.42. The van der Waals surface area contributed by atoms with Gasteiger partial charge in [-0.3, -0.25) is 0 Å². The summed E-state index contributed by atoms with van der Waals surface area (Å²) in [7, 11) is 2.11. The van der Waals surface area contributed by atoms with Crippen molar-refractivity contribution in [2.24, 2.45) is 0 Å². The molecule has 0 amide bonds. The third kappa shape index (κ3) is 2.97. The Hall–Kier alpha value is -1.55. The molecule has 1 aromatic rings. The van der Waals surface area contributed by atoms with E-state index in [9.17, 15) is 4.79 Å². The first-order chi connectivity index (χ1) is 8.16. The molecule has 1 heterocycles. The zero-order chi connectivity index (χ0) is 12.3. The average Bonchev–Trinajstić information content (AvgIpc) is 2.73. The molecule has 1 aliphatic rings. The van der Waals surface area contributed by atoms with Crippen LogP contribution in [0.25, 0.3) is 0 Å². The standard InChI is InChI=1S/C13H17NO3/c1-14-8-2-3-11(14)9-17-12-6-4-10(5-7-12)13(15)16/h4-7,11H,2-3,8-9H2,1H3,(H,15,16). The number of aromatic carboxylic acids is 1. The quantitative estimate of drug-likeness (QED) is 0.865. The van der Waals surface area contributed by atoms with Crippen LogP contribution in [0.4, 0.5) is 0 Å². The number of hydrogen-bond donors (Lipinski definition) is 1. The number of hydrogen-bond acceptors (Lipinski definition) is 3. The highest BCUT2D eigenvalue weighted by atomic mass is 16.5. The molecule has 1 aliphatic heterocycles. The summed E-state index contributed by atoms with van der Waals surface area (Å²) in [6, 6.07) is 7.03. The minimum absolute atomic E-state index is 0.287. The van der Waals surface area contributed by atoms with Crippen molar-refractivity contribution in [2.45, 2.75) is 18.9 Å². The Morgan fingerprint density at radius 3 is 2.71 bits per heavy atom. The Morgan fingerprint density at radius 1 is 1.47 bits per heavy atom. The molecule has 1 N–H and O–H groups in total. The van der Waals surface area contributed by atoms with E-state index in [0.717, 1.165) is 12.3 Å². The van der Waals surface area contributed by atoms with Crippen molar-refractivity contribution in [2.75, 3.05) is 20.2 Å². The molecule has 1 atom stereocenters. The summed E-state index contributed by atoms with van der Waals surface area (Å²) in [5.74, 6) is -0.178. The second kappa shape index (κ2) is 5.19. The fourth-order valence-corrected chi connectivity index (χ4v) is 2.08. The first-order valence-electron chi connectivity index (χ1n) is 5.83. The summed E-state index contributed by atoms with van der Waals surface area (Å²) < 4.78 is 5.66. The molecule has 1 saturated heterocycles. The van der Waals surface area contributed by atoms with Gasteiger partial charge in [0.2, 0.25) is 0 Å². The lowest BCUT2D eigenvalue weighted by Gasteiger charge is -2.19. The molecule has 4 nitrogen and oxygen atoms in total. The summed E-state index contributed by atoms with van der Waals surface area (Å²) in [4.78, 5) is 13.0. The van der Waals surface area contributed by atoms with Gasteiger partial charge in [0.15, 0.2) is 0 Å². The van der Waals surface area contributed by atoms with Crippen LogP contribution in [0.1, 0.15) is 23.2 Å². The fraction of sp³-hybridized carbons (Fsp3) is 0.462. The predicted molar refractivity (Wildman–Crippen MR) is 64.5 cm³/mol. The molecular formula is C13H17NO3. The van der Waals surface area contributed by atoms with Gasteiger partial charge in [-0.15, -0.1) is 0 Å². The van der Waals surface area contributed by atoms with E-state index in [-0.39, 0.29) is 5.56 Å². The van der Waals surface area contributed by atoms with E-state index in [2.05, 4.69) is 11.9 Å². The minimum atomic E-state index is -0.910. The molecule has 0 spiro atoms. The first kappa shape index (κ1) is 11.9. The molecule has 4 heteroatoms. The van der Waals surface area contributed by atoms with Gasteiger partial charge >= 0.3 is 5.97 Å². The Kier molecular flexibility index (Phi) is 3.64. The van der Waals surface area contributed by atoms with Crippen LogP contribution in [0.2, 0.25) is 0 Å². The molecule has 0 aromatic heterocycles. The molecule has 1 fully saturated rings. The van der Waals surface area contributed by atoms with Crippen molar-refractivity contribution < 1.29 is 14.6 Å². The number of nitrogens with zero attached hydrogens (tertiary/aromatic N) is 1. The molecular weight excluding hydrogens is 218 g/mol. The maximum Gasteiger partial charge on any atom is 0.335 e. The van der Waals surface area contributed by atoms with E-state index in [1.165, 1.54) is 12.8 Å². The maximum absolute atomic E-state index is 10.7. The predicted octanol–water partition coefficient (Wildman–Crippen LogP) is 1.86. The van der Waals surface area contributed by atoms with Gasteiger partial charge in [0, 0.05) is 6.04 Å². The Bertz CT molecular complexity index is 388. The van der Waals surface area contributed by atoms with Crippen LogP contribution in [-0.2, 0) is 0 Å². The lowest BCUT2D eigenvalue weighted by atomic mass is 10.2. The molecule has 0 radical (unpaired) electrons. The van der Waals surface area contributed by atoms with Crippen LogP contribution in [0.5, 0.6) is 5.75 Å². The normalized spacial score (nSPS) is 20.4. The number of likely N-dealkylation sites (tertiary alicyclic amines) is 1. The summed E-state index contributed by atoms with van der Waals surface area (Å²) in [6.45, 7) is 1.80. The number of carboxylic acids is 1. The molecule has 0 bridgehead atoms. The first-order valence-corrected chi connectivity index (χ1v) is 5.83. The Balaban J connectivity index is 1.88. The van der Waals surface area contributed by atoms with E-state index in [1.807, 2.05) is 0 Å². The van der Waals surface area contributed by atoms with Gasteiger partial charge in [-0.1, -0.05) is 0 Å². The van der Waals surface area contributed by atoms with Crippen LogP contribution in [0.3, 0.4) is 0 Å². The number of likely N-dealkylation sites (N-methyl/N-ethyl adjacent to an activating group) is 1. The lowest BCUT2D eigenvalue weighted by molar-refractivity contribution is 0.0697. The number of ether oxygens (including phenoxy) is 1. The molecule has 1 aromatic carbocycles. The van der Waals surface area contributed by atoms with Crippen LogP contribution in [0, 0.1) is 0 Å². The summed E-state index contributed by atoms with van der Waals surface area (Å²) >= 11 is 0. The van der Waals surface area contributed by atoms with Crippen molar-refractivity contribution in [3.63, 3.8) is 0 Å². The highest BCUT2D eigenvalue weighted by Crippen LogP contribution is 2.17. The van der Waals surface area contributed by atoms with Crippen LogP contribution < -0.4 is 4.74 Å². The van der Waals surface area contributed by atoms with Crippen molar-refractivity contribution in [3.05, 3.63) is 29.8 Å². The minimum Gasteiger partial charge on any atom is -0.492 e. The van der Waals surface area contributed by atoms with Gasteiger partial charge in [-0.2, -0.15) is 0 Å². The number of carbonyl (C=O) groups is 1.